The Balaban J connectivity index is 1.97. The van der Waals surface area contributed by atoms with Gasteiger partial charge in [-0.2, -0.15) is 0 Å². The fraction of sp³-hybridized carbons (Fsp3) is 0. The van der Waals surface area contributed by atoms with E-state index in [0.717, 1.165) is 33.0 Å². The van der Waals surface area contributed by atoms with Crippen LogP contribution in [0.25, 0.3) is 33.0 Å². The summed E-state index contributed by atoms with van der Waals surface area (Å²) in [6.07, 6.45) is 0. The fourth-order valence-corrected chi connectivity index (χ4v) is 2.90. The van der Waals surface area contributed by atoms with Gasteiger partial charge in [-0.25, -0.2) is 0 Å². The molecule has 0 heterocycles. The van der Waals surface area contributed by atoms with E-state index >= 15 is 0 Å². The first-order valence-electron chi connectivity index (χ1n) is 7.74. The van der Waals surface area contributed by atoms with E-state index in [1.54, 1.807) is 24.3 Å². The van der Waals surface area contributed by atoms with E-state index < -0.39 is 0 Å². The second kappa shape index (κ2) is 5.74. The molecule has 0 bridgehead atoms. The number of hydrogen-bond acceptors (Lipinski definition) is 2. The predicted molar refractivity (Wildman–Crippen MR) is 97.0 cm³/mol. The highest BCUT2D eigenvalue weighted by Crippen LogP contribution is 2.34. The van der Waals surface area contributed by atoms with Crippen LogP contribution in [-0.2, 0) is 0 Å². The number of fused-ring (bicyclic) bond motifs is 1. The zero-order valence-electron chi connectivity index (χ0n) is 12.9. The van der Waals surface area contributed by atoms with E-state index in [4.69, 9.17) is 0 Å². The summed E-state index contributed by atoms with van der Waals surface area (Å²) in [5.41, 5.74) is 3.97. The van der Waals surface area contributed by atoms with Crippen molar-refractivity contribution in [1.29, 1.82) is 0 Å². The molecule has 0 saturated heterocycles. The number of benzene rings is 4. The summed E-state index contributed by atoms with van der Waals surface area (Å²) < 4.78 is 0. The minimum Gasteiger partial charge on any atom is -0.508 e. The van der Waals surface area contributed by atoms with E-state index in [2.05, 4.69) is 24.3 Å². The molecule has 4 aromatic rings. The zero-order chi connectivity index (χ0) is 16.5. The van der Waals surface area contributed by atoms with Gasteiger partial charge in [-0.05, 0) is 69.4 Å². The van der Waals surface area contributed by atoms with Crippen molar-refractivity contribution in [3.63, 3.8) is 0 Å². The maximum absolute atomic E-state index is 9.54. The Labute approximate surface area is 140 Å². The lowest BCUT2D eigenvalue weighted by molar-refractivity contribution is 0.475. The van der Waals surface area contributed by atoms with Crippen molar-refractivity contribution in [3.8, 4) is 33.8 Å². The topological polar surface area (TPSA) is 40.5 Å². The third-order valence-electron chi connectivity index (χ3n) is 4.12. The molecule has 1 radical (unpaired) electrons. The third-order valence-corrected chi connectivity index (χ3v) is 4.12. The molecule has 0 spiro atoms. The SMILES string of the molecule is Oc1ccc(-c2[c]c(-c3ccc(O)cc3)c3ccccc3c2)cc1. The Morgan fingerprint density at radius 1 is 0.625 bits per heavy atom. The number of aromatic hydroxyl groups is 2. The molecule has 0 aliphatic rings. The van der Waals surface area contributed by atoms with Crippen LogP contribution in [-0.4, -0.2) is 10.2 Å². The lowest BCUT2D eigenvalue weighted by Gasteiger charge is -2.11. The Bertz CT molecular complexity index is 1000. The van der Waals surface area contributed by atoms with Gasteiger partial charge in [0.1, 0.15) is 11.5 Å². The van der Waals surface area contributed by atoms with Gasteiger partial charge in [0.25, 0.3) is 0 Å². The largest absolute Gasteiger partial charge is 0.508 e. The van der Waals surface area contributed by atoms with Crippen LogP contribution >= 0.6 is 0 Å². The third kappa shape index (κ3) is 2.59. The normalized spacial score (nSPS) is 10.8. The minimum absolute atomic E-state index is 0.248. The molecule has 2 heteroatoms. The molecule has 24 heavy (non-hydrogen) atoms. The minimum atomic E-state index is 0.248. The highest BCUT2D eigenvalue weighted by atomic mass is 16.3. The van der Waals surface area contributed by atoms with E-state index in [1.165, 1.54) is 0 Å². The van der Waals surface area contributed by atoms with Gasteiger partial charge in [0.05, 0.1) is 0 Å². The maximum Gasteiger partial charge on any atom is 0.115 e. The lowest BCUT2D eigenvalue weighted by atomic mass is 9.93. The number of rotatable bonds is 2. The average molecular weight is 311 g/mol. The Hall–Kier alpha value is -3.26. The first-order valence-corrected chi connectivity index (χ1v) is 7.74. The number of phenolic OH excluding ortho intramolecular Hbond substituents is 2. The van der Waals surface area contributed by atoms with Gasteiger partial charge in [0.2, 0.25) is 0 Å². The van der Waals surface area contributed by atoms with Gasteiger partial charge >= 0.3 is 0 Å². The first-order chi connectivity index (χ1) is 11.7. The summed E-state index contributed by atoms with van der Waals surface area (Å²) >= 11 is 0. The molecule has 115 valence electrons. The van der Waals surface area contributed by atoms with Gasteiger partial charge in [-0.1, -0.05) is 48.5 Å². The maximum atomic E-state index is 9.54. The highest BCUT2D eigenvalue weighted by molar-refractivity contribution is 5.99. The summed E-state index contributed by atoms with van der Waals surface area (Å²) in [7, 11) is 0. The Morgan fingerprint density at radius 2 is 1.21 bits per heavy atom. The van der Waals surface area contributed by atoms with Crippen LogP contribution in [0.1, 0.15) is 0 Å². The molecule has 4 aromatic carbocycles. The van der Waals surface area contributed by atoms with Crippen molar-refractivity contribution in [2.75, 3.05) is 0 Å². The van der Waals surface area contributed by atoms with Crippen LogP contribution in [0.2, 0.25) is 0 Å². The first kappa shape index (κ1) is 14.3. The standard InChI is InChI=1S/C22H15O2/c23-19-9-5-15(6-10-19)18-13-17-3-1-2-4-21(17)22(14-18)16-7-11-20(24)12-8-16/h1-13,23-24H. The van der Waals surface area contributed by atoms with Crippen LogP contribution in [0.15, 0.2) is 78.9 Å². The summed E-state index contributed by atoms with van der Waals surface area (Å²) in [6, 6.07) is 28.1. The van der Waals surface area contributed by atoms with Crippen LogP contribution in [0.4, 0.5) is 0 Å². The fourth-order valence-electron chi connectivity index (χ4n) is 2.90. The van der Waals surface area contributed by atoms with Crippen molar-refractivity contribution in [1.82, 2.24) is 0 Å². The molecule has 2 nitrogen and oxygen atoms in total. The predicted octanol–water partition coefficient (Wildman–Crippen LogP) is 5.39. The van der Waals surface area contributed by atoms with Gasteiger partial charge in [0, 0.05) is 0 Å². The molecule has 0 amide bonds. The molecule has 0 fully saturated rings. The number of phenols is 2. The van der Waals surface area contributed by atoms with E-state index in [0.29, 0.717) is 0 Å². The molecule has 0 atom stereocenters. The van der Waals surface area contributed by atoms with Crippen LogP contribution in [0.3, 0.4) is 0 Å². The van der Waals surface area contributed by atoms with E-state index in [9.17, 15) is 10.2 Å². The quantitative estimate of drug-likeness (QED) is 0.521. The molecular weight excluding hydrogens is 296 g/mol. The van der Waals surface area contributed by atoms with Crippen molar-refractivity contribution in [2.24, 2.45) is 0 Å². The van der Waals surface area contributed by atoms with E-state index in [1.807, 2.05) is 36.4 Å². The molecule has 0 unspecified atom stereocenters. The van der Waals surface area contributed by atoms with Gasteiger partial charge in [-0.15, -0.1) is 0 Å². The van der Waals surface area contributed by atoms with E-state index in [-0.39, 0.29) is 11.5 Å². The second-order valence-electron chi connectivity index (χ2n) is 5.74. The Kier molecular flexibility index (Phi) is 3.43. The monoisotopic (exact) mass is 311 g/mol. The smallest absolute Gasteiger partial charge is 0.115 e. The summed E-state index contributed by atoms with van der Waals surface area (Å²) in [6.45, 7) is 0. The molecule has 0 aliphatic carbocycles. The van der Waals surface area contributed by atoms with Crippen molar-refractivity contribution >= 4 is 10.8 Å². The molecule has 0 aromatic heterocycles. The Morgan fingerprint density at radius 3 is 1.88 bits per heavy atom. The van der Waals surface area contributed by atoms with Crippen molar-refractivity contribution in [2.45, 2.75) is 0 Å². The van der Waals surface area contributed by atoms with Crippen LogP contribution in [0.5, 0.6) is 11.5 Å². The average Bonchev–Trinajstić information content (AvgIpc) is 2.62. The molecule has 0 aliphatic heterocycles. The zero-order valence-corrected chi connectivity index (χ0v) is 12.9. The lowest BCUT2D eigenvalue weighted by Crippen LogP contribution is -1.86. The molecule has 0 saturated carbocycles. The van der Waals surface area contributed by atoms with Gasteiger partial charge in [0.15, 0.2) is 0 Å². The number of hydrogen-bond donors (Lipinski definition) is 2. The van der Waals surface area contributed by atoms with Gasteiger partial charge in [-0.3, -0.25) is 0 Å². The van der Waals surface area contributed by atoms with Crippen molar-refractivity contribution < 1.29 is 10.2 Å². The second-order valence-corrected chi connectivity index (χ2v) is 5.74. The molecule has 2 N–H and O–H groups in total. The summed E-state index contributed by atoms with van der Waals surface area (Å²) in [4.78, 5) is 0. The molecular formula is C22H15O2. The van der Waals surface area contributed by atoms with Crippen molar-refractivity contribution in [3.05, 3.63) is 84.9 Å². The molecule has 4 rings (SSSR count). The van der Waals surface area contributed by atoms with Crippen LogP contribution < -0.4 is 0 Å². The van der Waals surface area contributed by atoms with Crippen LogP contribution in [0, 0.1) is 6.07 Å². The summed E-state index contributed by atoms with van der Waals surface area (Å²) in [5.74, 6) is 0.496. The summed E-state index contributed by atoms with van der Waals surface area (Å²) in [5, 5.41) is 21.3. The van der Waals surface area contributed by atoms with Gasteiger partial charge < -0.3 is 10.2 Å². The highest BCUT2D eigenvalue weighted by Gasteiger charge is 2.09.